The van der Waals surface area contributed by atoms with E-state index >= 15 is 0 Å². The van der Waals surface area contributed by atoms with Crippen molar-refractivity contribution in [1.29, 1.82) is 0 Å². The summed E-state index contributed by atoms with van der Waals surface area (Å²) in [6, 6.07) is 15.4. The van der Waals surface area contributed by atoms with Crippen LogP contribution in [0, 0.1) is 0 Å². The standard InChI is InChI=1S/C24H31N5O3.HI/c1-4-25-24(28(2)16-19-7-11-21(32-3)12-8-19)27-15-18-5-9-20(10-6-18)23(31)29-14-13-26-22(30)17-29;/h5-12H,4,13-17H2,1-3H3,(H,25,27)(H,26,30);1H. The SMILES string of the molecule is CCNC(=NCc1ccc(C(=O)N2CCNC(=O)C2)cc1)N(C)Cc1ccc(OC)cc1.I. The molecule has 2 aromatic carbocycles. The van der Waals surface area contributed by atoms with Crippen molar-refractivity contribution in [2.24, 2.45) is 4.99 Å². The van der Waals surface area contributed by atoms with Gasteiger partial charge in [-0.3, -0.25) is 9.59 Å². The molecule has 1 aliphatic rings. The Balaban J connectivity index is 0.00000385. The van der Waals surface area contributed by atoms with Crippen molar-refractivity contribution in [2.45, 2.75) is 20.0 Å². The van der Waals surface area contributed by atoms with Crippen LogP contribution in [0.3, 0.4) is 0 Å². The molecule has 1 saturated heterocycles. The number of aliphatic imine (C=N–C) groups is 1. The molecule has 9 heteroatoms. The van der Waals surface area contributed by atoms with Crippen LogP contribution in [0.15, 0.2) is 53.5 Å². The van der Waals surface area contributed by atoms with Gasteiger partial charge in [0, 0.05) is 38.8 Å². The molecule has 2 N–H and O–H groups in total. The number of nitrogens with one attached hydrogen (secondary N) is 2. The van der Waals surface area contributed by atoms with Gasteiger partial charge in [-0.1, -0.05) is 24.3 Å². The number of methoxy groups -OCH3 is 1. The van der Waals surface area contributed by atoms with E-state index in [-0.39, 0.29) is 42.3 Å². The van der Waals surface area contributed by atoms with Gasteiger partial charge in [0.15, 0.2) is 5.96 Å². The Labute approximate surface area is 212 Å². The number of halogens is 1. The lowest BCUT2D eigenvalue weighted by Crippen LogP contribution is -2.49. The second-order valence-electron chi connectivity index (χ2n) is 7.65. The number of rotatable bonds is 7. The number of carbonyl (C=O) groups excluding carboxylic acids is 2. The van der Waals surface area contributed by atoms with Crippen LogP contribution in [0.5, 0.6) is 5.75 Å². The van der Waals surface area contributed by atoms with Gasteiger partial charge in [0.1, 0.15) is 5.75 Å². The van der Waals surface area contributed by atoms with Crippen LogP contribution in [-0.4, -0.2) is 67.9 Å². The van der Waals surface area contributed by atoms with E-state index in [9.17, 15) is 9.59 Å². The normalized spacial score (nSPS) is 13.6. The molecule has 0 unspecified atom stereocenters. The average Bonchev–Trinajstić information content (AvgIpc) is 2.82. The lowest BCUT2D eigenvalue weighted by molar-refractivity contribution is -0.123. The second kappa shape index (κ2) is 13.0. The van der Waals surface area contributed by atoms with Crippen LogP contribution < -0.4 is 15.4 Å². The summed E-state index contributed by atoms with van der Waals surface area (Å²) in [6.45, 7) is 5.15. The Morgan fingerprint density at radius 3 is 2.42 bits per heavy atom. The predicted octanol–water partition coefficient (Wildman–Crippen LogP) is 2.48. The summed E-state index contributed by atoms with van der Waals surface area (Å²) in [5.41, 5.74) is 2.75. The molecule has 0 aromatic heterocycles. The highest BCUT2D eigenvalue weighted by Gasteiger charge is 2.22. The number of guanidine groups is 1. The minimum Gasteiger partial charge on any atom is -0.497 e. The van der Waals surface area contributed by atoms with E-state index in [4.69, 9.17) is 9.73 Å². The maximum Gasteiger partial charge on any atom is 0.254 e. The second-order valence-corrected chi connectivity index (χ2v) is 7.65. The van der Waals surface area contributed by atoms with E-state index in [1.807, 2.05) is 50.4 Å². The fourth-order valence-corrected chi connectivity index (χ4v) is 3.46. The highest BCUT2D eigenvalue weighted by Crippen LogP contribution is 2.13. The quantitative estimate of drug-likeness (QED) is 0.306. The van der Waals surface area contributed by atoms with Crippen LogP contribution in [0.25, 0.3) is 0 Å². The van der Waals surface area contributed by atoms with Gasteiger partial charge in [-0.2, -0.15) is 0 Å². The van der Waals surface area contributed by atoms with Crippen molar-refractivity contribution in [3.63, 3.8) is 0 Å². The van der Waals surface area contributed by atoms with Gasteiger partial charge < -0.3 is 25.2 Å². The average molecular weight is 565 g/mol. The Morgan fingerprint density at radius 1 is 1.15 bits per heavy atom. The van der Waals surface area contributed by atoms with Gasteiger partial charge in [-0.25, -0.2) is 4.99 Å². The zero-order valence-corrected chi connectivity index (χ0v) is 21.7. The number of benzene rings is 2. The maximum absolute atomic E-state index is 12.6. The molecule has 33 heavy (non-hydrogen) atoms. The molecule has 0 saturated carbocycles. The van der Waals surface area contributed by atoms with Crippen molar-refractivity contribution in [3.8, 4) is 5.75 Å². The van der Waals surface area contributed by atoms with E-state index in [1.54, 1.807) is 24.1 Å². The zero-order chi connectivity index (χ0) is 22.9. The van der Waals surface area contributed by atoms with E-state index in [2.05, 4.69) is 15.5 Å². The summed E-state index contributed by atoms with van der Waals surface area (Å²) in [5, 5.41) is 6.06. The van der Waals surface area contributed by atoms with Crippen molar-refractivity contribution >= 4 is 41.8 Å². The molecular weight excluding hydrogens is 533 g/mol. The first kappa shape index (κ1) is 26.4. The van der Waals surface area contributed by atoms with Crippen LogP contribution in [0.2, 0.25) is 0 Å². The largest absolute Gasteiger partial charge is 0.497 e. The molecule has 178 valence electrons. The zero-order valence-electron chi connectivity index (χ0n) is 19.3. The molecule has 2 aromatic rings. The third-order valence-electron chi connectivity index (χ3n) is 5.21. The first-order valence-electron chi connectivity index (χ1n) is 10.8. The highest BCUT2D eigenvalue weighted by atomic mass is 127. The lowest BCUT2D eigenvalue weighted by Gasteiger charge is -2.26. The number of hydrogen-bond donors (Lipinski definition) is 2. The fourth-order valence-electron chi connectivity index (χ4n) is 3.46. The molecule has 0 bridgehead atoms. The van der Waals surface area contributed by atoms with Gasteiger partial charge in [0.2, 0.25) is 5.91 Å². The van der Waals surface area contributed by atoms with Gasteiger partial charge >= 0.3 is 0 Å². The van der Waals surface area contributed by atoms with Crippen molar-refractivity contribution < 1.29 is 14.3 Å². The Morgan fingerprint density at radius 2 is 1.82 bits per heavy atom. The van der Waals surface area contributed by atoms with Crippen molar-refractivity contribution in [2.75, 3.05) is 40.3 Å². The van der Waals surface area contributed by atoms with Gasteiger partial charge in [-0.05, 0) is 42.3 Å². The predicted molar refractivity (Wildman–Crippen MR) is 140 cm³/mol. The Kier molecular flexibility index (Phi) is 10.4. The van der Waals surface area contributed by atoms with Gasteiger partial charge in [0.25, 0.3) is 5.91 Å². The van der Waals surface area contributed by atoms with Crippen molar-refractivity contribution in [1.82, 2.24) is 20.4 Å². The Bertz CT molecular complexity index is 948. The number of carbonyl (C=O) groups is 2. The van der Waals surface area contributed by atoms with Crippen LogP contribution >= 0.6 is 24.0 Å². The number of amides is 2. The highest BCUT2D eigenvalue weighted by molar-refractivity contribution is 14.0. The van der Waals surface area contributed by atoms with E-state index in [0.29, 0.717) is 31.7 Å². The number of ether oxygens (including phenoxy) is 1. The first-order valence-corrected chi connectivity index (χ1v) is 10.8. The molecule has 0 radical (unpaired) electrons. The molecule has 3 rings (SSSR count). The van der Waals surface area contributed by atoms with Gasteiger partial charge in [0.05, 0.1) is 20.2 Å². The van der Waals surface area contributed by atoms with Crippen LogP contribution in [-0.2, 0) is 17.9 Å². The molecule has 1 heterocycles. The molecule has 1 aliphatic heterocycles. The first-order chi connectivity index (χ1) is 15.5. The number of piperazine rings is 1. The summed E-state index contributed by atoms with van der Waals surface area (Å²) in [5.74, 6) is 1.40. The van der Waals surface area contributed by atoms with Crippen molar-refractivity contribution in [3.05, 3.63) is 65.2 Å². The molecule has 0 spiro atoms. The number of nitrogens with zero attached hydrogens (tertiary/aromatic N) is 3. The summed E-state index contributed by atoms with van der Waals surface area (Å²) in [7, 11) is 3.66. The fraction of sp³-hybridized carbons (Fsp3) is 0.375. The van der Waals surface area contributed by atoms with Gasteiger partial charge in [-0.15, -0.1) is 24.0 Å². The lowest BCUT2D eigenvalue weighted by atomic mass is 10.1. The summed E-state index contributed by atoms with van der Waals surface area (Å²) in [4.78, 5) is 32.5. The smallest absolute Gasteiger partial charge is 0.254 e. The molecule has 2 amide bonds. The molecule has 1 fully saturated rings. The van der Waals surface area contributed by atoms with E-state index in [0.717, 1.165) is 29.4 Å². The maximum atomic E-state index is 12.6. The molecular formula is C24H32IN5O3. The summed E-state index contributed by atoms with van der Waals surface area (Å²) < 4.78 is 5.22. The molecule has 0 aliphatic carbocycles. The van der Waals surface area contributed by atoms with Crippen LogP contribution in [0.4, 0.5) is 0 Å². The number of hydrogen-bond acceptors (Lipinski definition) is 4. The minimum absolute atomic E-state index is 0. The monoisotopic (exact) mass is 565 g/mol. The molecule has 0 atom stereocenters. The third-order valence-corrected chi connectivity index (χ3v) is 5.21. The Hall–Kier alpha value is -2.82. The van der Waals surface area contributed by atoms with Crippen LogP contribution in [0.1, 0.15) is 28.4 Å². The topological polar surface area (TPSA) is 86.3 Å². The third kappa shape index (κ3) is 7.62. The van der Waals surface area contributed by atoms with E-state index < -0.39 is 0 Å². The summed E-state index contributed by atoms with van der Waals surface area (Å²) >= 11 is 0. The molecule has 8 nitrogen and oxygen atoms in total. The minimum atomic E-state index is -0.123. The van der Waals surface area contributed by atoms with E-state index in [1.165, 1.54) is 0 Å². The summed E-state index contributed by atoms with van der Waals surface area (Å²) in [6.07, 6.45) is 0.